The van der Waals surface area contributed by atoms with Crippen molar-refractivity contribution >= 4 is 29.4 Å². The Balaban J connectivity index is 1.53. The van der Waals surface area contributed by atoms with Crippen molar-refractivity contribution in [1.82, 2.24) is 15.2 Å². The first-order valence-electron chi connectivity index (χ1n) is 7.68. The minimum atomic E-state index is -0.836. The smallest absolute Gasteiger partial charge is 0.317 e. The van der Waals surface area contributed by atoms with Crippen molar-refractivity contribution < 1.29 is 14.7 Å². The van der Waals surface area contributed by atoms with Crippen LogP contribution in [0.15, 0.2) is 18.3 Å². The molecule has 2 amide bonds. The minimum Gasteiger partial charge on any atom is -0.481 e. The Morgan fingerprint density at radius 3 is 2.83 bits per heavy atom. The molecule has 0 bridgehead atoms. The number of hydrogen-bond donors (Lipinski definition) is 2. The number of carboxylic acids is 1. The first kappa shape index (κ1) is 15.9. The molecule has 23 heavy (non-hydrogen) atoms. The lowest BCUT2D eigenvalue weighted by atomic mass is 10.1. The lowest BCUT2D eigenvalue weighted by molar-refractivity contribution is -0.141. The van der Waals surface area contributed by atoms with Gasteiger partial charge < -0.3 is 20.2 Å². The molecule has 2 unspecified atom stereocenters. The van der Waals surface area contributed by atoms with E-state index in [1.165, 1.54) is 0 Å². The summed E-state index contributed by atoms with van der Waals surface area (Å²) in [6.45, 7) is 2.20. The summed E-state index contributed by atoms with van der Waals surface area (Å²) in [6.07, 6.45) is 3.03. The highest BCUT2D eigenvalue weighted by Crippen LogP contribution is 2.26. The molecule has 0 radical (unpaired) electrons. The summed E-state index contributed by atoms with van der Waals surface area (Å²) in [7, 11) is 0. The third-order valence-electron chi connectivity index (χ3n) is 4.38. The first-order valence-corrected chi connectivity index (χ1v) is 8.06. The molecule has 2 atom stereocenters. The fourth-order valence-corrected chi connectivity index (χ4v) is 3.33. The number of hydrogen-bond acceptors (Lipinski definition) is 4. The SMILES string of the molecule is O=C(O)C1CCN(C(=O)NC2CCN(c3ncccc3Cl)C2)C1. The van der Waals surface area contributed by atoms with Gasteiger partial charge in [0.15, 0.2) is 0 Å². The number of likely N-dealkylation sites (tertiary alicyclic amines) is 1. The van der Waals surface area contributed by atoms with Gasteiger partial charge in [-0.15, -0.1) is 0 Å². The summed E-state index contributed by atoms with van der Waals surface area (Å²) in [5.74, 6) is -0.552. The van der Waals surface area contributed by atoms with Crippen LogP contribution in [0.1, 0.15) is 12.8 Å². The normalized spacial score (nSPS) is 24.0. The Bertz CT molecular complexity index is 612. The van der Waals surface area contributed by atoms with Crippen LogP contribution in [0.2, 0.25) is 5.02 Å². The molecule has 0 aliphatic carbocycles. The van der Waals surface area contributed by atoms with Crippen LogP contribution in [-0.2, 0) is 4.79 Å². The summed E-state index contributed by atoms with van der Waals surface area (Å²) < 4.78 is 0. The van der Waals surface area contributed by atoms with Gasteiger partial charge in [0.1, 0.15) is 5.82 Å². The number of nitrogens with one attached hydrogen (secondary N) is 1. The lowest BCUT2D eigenvalue weighted by Gasteiger charge is -2.21. The molecule has 2 fully saturated rings. The van der Waals surface area contributed by atoms with Gasteiger partial charge in [-0.1, -0.05) is 11.6 Å². The van der Waals surface area contributed by atoms with Gasteiger partial charge in [0.2, 0.25) is 0 Å². The van der Waals surface area contributed by atoms with E-state index in [4.69, 9.17) is 16.7 Å². The second-order valence-corrected chi connectivity index (χ2v) is 6.37. The van der Waals surface area contributed by atoms with E-state index in [0.717, 1.165) is 18.8 Å². The molecule has 3 rings (SSSR count). The molecule has 0 saturated carbocycles. The Labute approximate surface area is 139 Å². The van der Waals surface area contributed by atoms with E-state index < -0.39 is 11.9 Å². The molecular formula is C15H19ClN4O3. The number of carboxylic acid groups (broad SMARTS) is 1. The summed E-state index contributed by atoms with van der Waals surface area (Å²) in [6, 6.07) is 3.41. The van der Waals surface area contributed by atoms with E-state index in [9.17, 15) is 9.59 Å². The van der Waals surface area contributed by atoms with Crippen LogP contribution < -0.4 is 10.2 Å². The zero-order chi connectivity index (χ0) is 16.4. The second kappa shape index (κ2) is 6.62. The van der Waals surface area contributed by atoms with Crippen LogP contribution in [-0.4, -0.2) is 59.2 Å². The molecule has 124 valence electrons. The van der Waals surface area contributed by atoms with Gasteiger partial charge in [-0.25, -0.2) is 9.78 Å². The predicted molar refractivity (Wildman–Crippen MR) is 85.7 cm³/mol. The third-order valence-corrected chi connectivity index (χ3v) is 4.67. The monoisotopic (exact) mass is 338 g/mol. The molecule has 7 nitrogen and oxygen atoms in total. The third kappa shape index (κ3) is 3.50. The van der Waals surface area contributed by atoms with E-state index in [0.29, 0.717) is 24.5 Å². The van der Waals surface area contributed by atoms with Crippen LogP contribution >= 0.6 is 11.6 Å². The maximum absolute atomic E-state index is 12.2. The number of urea groups is 1. The fourth-order valence-electron chi connectivity index (χ4n) is 3.09. The summed E-state index contributed by atoms with van der Waals surface area (Å²) in [5, 5.41) is 12.6. The van der Waals surface area contributed by atoms with Gasteiger partial charge in [0, 0.05) is 38.4 Å². The van der Waals surface area contributed by atoms with Crippen molar-refractivity contribution in [3.05, 3.63) is 23.4 Å². The highest BCUT2D eigenvalue weighted by Gasteiger charge is 2.33. The van der Waals surface area contributed by atoms with E-state index in [1.807, 2.05) is 0 Å². The molecule has 8 heteroatoms. The average Bonchev–Trinajstić information content (AvgIpc) is 3.16. The number of amides is 2. The number of nitrogens with zero attached hydrogens (tertiary/aromatic N) is 3. The molecule has 0 aromatic carbocycles. The standard InChI is InChI=1S/C15H19ClN4O3/c16-12-2-1-5-17-13(12)19-7-4-11(9-19)18-15(23)20-6-3-10(8-20)14(21)22/h1-2,5,10-11H,3-4,6-9H2,(H,18,23)(H,21,22). The summed E-state index contributed by atoms with van der Waals surface area (Å²) >= 11 is 6.15. The van der Waals surface area contributed by atoms with E-state index in [-0.39, 0.29) is 18.6 Å². The second-order valence-electron chi connectivity index (χ2n) is 5.96. The quantitative estimate of drug-likeness (QED) is 0.870. The number of rotatable bonds is 3. The number of carbonyl (C=O) groups excluding carboxylic acids is 1. The Morgan fingerprint density at radius 2 is 2.13 bits per heavy atom. The maximum Gasteiger partial charge on any atom is 0.317 e. The largest absolute Gasteiger partial charge is 0.481 e. The first-order chi connectivity index (χ1) is 11.0. The Morgan fingerprint density at radius 1 is 1.30 bits per heavy atom. The fraction of sp³-hybridized carbons (Fsp3) is 0.533. The van der Waals surface area contributed by atoms with Crippen molar-refractivity contribution in [1.29, 1.82) is 0 Å². The highest BCUT2D eigenvalue weighted by molar-refractivity contribution is 6.32. The molecule has 2 aliphatic heterocycles. The number of aromatic nitrogens is 1. The number of anilines is 1. The topological polar surface area (TPSA) is 85.8 Å². The number of aliphatic carboxylic acids is 1. The molecular weight excluding hydrogens is 320 g/mol. The minimum absolute atomic E-state index is 0.0180. The van der Waals surface area contributed by atoms with Gasteiger partial charge in [-0.05, 0) is 25.0 Å². The molecule has 1 aromatic rings. The molecule has 0 spiro atoms. The number of carbonyl (C=O) groups is 2. The van der Waals surface area contributed by atoms with Crippen LogP contribution in [0.25, 0.3) is 0 Å². The molecule has 2 N–H and O–H groups in total. The number of pyridine rings is 1. The van der Waals surface area contributed by atoms with Crippen molar-refractivity contribution in [2.75, 3.05) is 31.1 Å². The van der Waals surface area contributed by atoms with Gasteiger partial charge in [-0.3, -0.25) is 4.79 Å². The summed E-state index contributed by atoms with van der Waals surface area (Å²) in [4.78, 5) is 31.1. The average molecular weight is 339 g/mol. The molecule has 3 heterocycles. The molecule has 1 aromatic heterocycles. The van der Waals surface area contributed by atoms with Crippen molar-refractivity contribution in [3.8, 4) is 0 Å². The summed E-state index contributed by atoms with van der Waals surface area (Å²) in [5.41, 5.74) is 0. The predicted octanol–water partition coefficient (Wildman–Crippen LogP) is 1.43. The lowest BCUT2D eigenvalue weighted by Crippen LogP contribution is -2.45. The number of halogens is 1. The molecule has 2 aliphatic rings. The van der Waals surface area contributed by atoms with E-state index >= 15 is 0 Å². The maximum atomic E-state index is 12.2. The van der Waals surface area contributed by atoms with Crippen molar-refractivity contribution in [3.63, 3.8) is 0 Å². The van der Waals surface area contributed by atoms with Crippen LogP contribution in [0.5, 0.6) is 0 Å². The van der Waals surface area contributed by atoms with Gasteiger partial charge in [-0.2, -0.15) is 0 Å². The highest BCUT2D eigenvalue weighted by atomic mass is 35.5. The van der Waals surface area contributed by atoms with Gasteiger partial charge in [0.25, 0.3) is 0 Å². The van der Waals surface area contributed by atoms with E-state index in [2.05, 4.69) is 15.2 Å². The Kier molecular flexibility index (Phi) is 4.56. The zero-order valence-electron chi connectivity index (χ0n) is 12.6. The van der Waals surface area contributed by atoms with Crippen molar-refractivity contribution in [2.45, 2.75) is 18.9 Å². The molecule has 2 saturated heterocycles. The van der Waals surface area contributed by atoms with Crippen LogP contribution in [0, 0.1) is 5.92 Å². The zero-order valence-corrected chi connectivity index (χ0v) is 13.4. The van der Waals surface area contributed by atoms with Crippen LogP contribution in [0.3, 0.4) is 0 Å². The van der Waals surface area contributed by atoms with Crippen LogP contribution in [0.4, 0.5) is 10.6 Å². The van der Waals surface area contributed by atoms with Gasteiger partial charge >= 0.3 is 12.0 Å². The van der Waals surface area contributed by atoms with Gasteiger partial charge in [0.05, 0.1) is 10.9 Å². The Hall–Kier alpha value is -2.02. The van der Waals surface area contributed by atoms with E-state index in [1.54, 1.807) is 23.2 Å². The van der Waals surface area contributed by atoms with Crippen molar-refractivity contribution in [2.24, 2.45) is 5.92 Å².